The molecular weight excluding hydrogens is 351 g/mol. The SMILES string of the molecule is CCOC(=O)/C(C=Nc1ccc(O)cc1)=C(/O)c1cc(F)c(F)cc1F. The van der Waals surface area contributed by atoms with Crippen molar-refractivity contribution in [2.24, 2.45) is 4.99 Å². The third-order valence-electron chi connectivity index (χ3n) is 3.21. The van der Waals surface area contributed by atoms with Gasteiger partial charge in [0, 0.05) is 12.3 Å². The molecule has 136 valence electrons. The van der Waals surface area contributed by atoms with Crippen LogP contribution in [0.25, 0.3) is 5.76 Å². The van der Waals surface area contributed by atoms with Gasteiger partial charge in [-0.15, -0.1) is 0 Å². The fraction of sp³-hybridized carbons (Fsp3) is 0.111. The van der Waals surface area contributed by atoms with E-state index in [0.717, 1.165) is 6.21 Å². The molecular formula is C18H14F3NO4. The van der Waals surface area contributed by atoms with Gasteiger partial charge >= 0.3 is 5.97 Å². The molecule has 8 heteroatoms. The highest BCUT2D eigenvalue weighted by molar-refractivity contribution is 6.15. The van der Waals surface area contributed by atoms with Crippen LogP contribution in [0.15, 0.2) is 47.0 Å². The second-order valence-corrected chi connectivity index (χ2v) is 5.00. The first-order valence-corrected chi connectivity index (χ1v) is 7.41. The van der Waals surface area contributed by atoms with Crippen LogP contribution < -0.4 is 0 Å². The molecule has 0 saturated heterocycles. The van der Waals surface area contributed by atoms with Gasteiger partial charge in [0.2, 0.25) is 0 Å². The number of rotatable bonds is 5. The Bertz CT molecular complexity index is 877. The summed E-state index contributed by atoms with van der Waals surface area (Å²) in [6.45, 7) is 1.48. The van der Waals surface area contributed by atoms with Crippen LogP contribution in [0.4, 0.5) is 18.9 Å². The van der Waals surface area contributed by atoms with Crippen molar-refractivity contribution < 1.29 is 32.9 Å². The average Bonchev–Trinajstić information content (AvgIpc) is 2.60. The molecule has 0 unspecified atom stereocenters. The number of aromatic hydroxyl groups is 1. The number of carbonyl (C=O) groups excluding carboxylic acids is 1. The van der Waals surface area contributed by atoms with Crippen molar-refractivity contribution >= 4 is 23.6 Å². The smallest absolute Gasteiger partial charge is 0.343 e. The summed E-state index contributed by atoms with van der Waals surface area (Å²) in [6, 6.07) is 6.20. The van der Waals surface area contributed by atoms with E-state index in [-0.39, 0.29) is 18.4 Å². The Morgan fingerprint density at radius 1 is 1.12 bits per heavy atom. The van der Waals surface area contributed by atoms with E-state index in [9.17, 15) is 28.2 Å². The standard InChI is InChI=1S/C18H14F3NO4/c1-2-26-18(25)13(9-22-10-3-5-11(23)6-4-10)17(24)12-7-15(20)16(21)8-14(12)19/h3-9,23-24H,2H2,1H3/b17-13+,22-9?. The summed E-state index contributed by atoms with van der Waals surface area (Å²) in [7, 11) is 0. The van der Waals surface area contributed by atoms with Crippen LogP contribution in [0.2, 0.25) is 0 Å². The Balaban J connectivity index is 2.52. The predicted octanol–water partition coefficient (Wildman–Crippen LogP) is 4.04. The van der Waals surface area contributed by atoms with E-state index < -0.39 is 40.3 Å². The molecule has 0 aliphatic heterocycles. The molecule has 26 heavy (non-hydrogen) atoms. The van der Waals surface area contributed by atoms with Gasteiger partial charge in [0.15, 0.2) is 11.6 Å². The van der Waals surface area contributed by atoms with Gasteiger partial charge in [0.25, 0.3) is 0 Å². The van der Waals surface area contributed by atoms with E-state index in [1.807, 2.05) is 0 Å². The molecule has 2 aromatic rings. The first kappa shape index (κ1) is 19.0. The molecule has 0 radical (unpaired) electrons. The molecule has 2 N–H and O–H groups in total. The quantitative estimate of drug-likeness (QED) is 0.276. The molecule has 0 aliphatic carbocycles. The number of esters is 1. The second kappa shape index (κ2) is 8.19. The highest BCUT2D eigenvalue weighted by Crippen LogP contribution is 2.23. The molecule has 0 aromatic heterocycles. The molecule has 0 heterocycles. The van der Waals surface area contributed by atoms with Crippen LogP contribution in [0.5, 0.6) is 5.75 Å². The van der Waals surface area contributed by atoms with E-state index >= 15 is 0 Å². The number of aliphatic hydroxyl groups excluding tert-OH is 1. The Morgan fingerprint density at radius 2 is 1.73 bits per heavy atom. The number of benzene rings is 2. The van der Waals surface area contributed by atoms with E-state index in [1.54, 1.807) is 0 Å². The lowest BCUT2D eigenvalue weighted by Gasteiger charge is -2.08. The molecule has 5 nitrogen and oxygen atoms in total. The first-order chi connectivity index (χ1) is 12.3. The van der Waals surface area contributed by atoms with Crippen LogP contribution in [0.3, 0.4) is 0 Å². The van der Waals surface area contributed by atoms with E-state index in [1.165, 1.54) is 31.2 Å². The molecule has 0 saturated carbocycles. The minimum absolute atomic E-state index is 0.00295. The van der Waals surface area contributed by atoms with Crippen LogP contribution in [-0.4, -0.2) is 29.0 Å². The van der Waals surface area contributed by atoms with E-state index in [4.69, 9.17) is 4.74 Å². The summed E-state index contributed by atoms with van der Waals surface area (Å²) in [5, 5.41) is 19.4. The first-order valence-electron chi connectivity index (χ1n) is 7.41. The van der Waals surface area contributed by atoms with Crippen molar-refractivity contribution in [3.8, 4) is 5.75 Å². The number of nitrogens with zero attached hydrogens (tertiary/aromatic N) is 1. The van der Waals surface area contributed by atoms with Crippen molar-refractivity contribution in [2.75, 3.05) is 6.61 Å². The molecule has 0 aliphatic rings. The highest BCUT2D eigenvalue weighted by atomic mass is 19.2. The molecule has 0 fully saturated rings. The summed E-state index contributed by atoms with van der Waals surface area (Å²) in [6.07, 6.45) is 0.903. The predicted molar refractivity (Wildman–Crippen MR) is 88.8 cm³/mol. The summed E-state index contributed by atoms with van der Waals surface area (Å²) >= 11 is 0. The maximum absolute atomic E-state index is 13.9. The van der Waals surface area contributed by atoms with Crippen molar-refractivity contribution in [1.82, 2.24) is 0 Å². The number of phenolic OH excluding ortho intramolecular Hbond substituents is 1. The lowest BCUT2D eigenvalue weighted by molar-refractivity contribution is -0.137. The Morgan fingerprint density at radius 3 is 2.35 bits per heavy atom. The minimum Gasteiger partial charge on any atom is -0.508 e. The van der Waals surface area contributed by atoms with Crippen molar-refractivity contribution in [1.29, 1.82) is 0 Å². The van der Waals surface area contributed by atoms with Crippen LogP contribution in [0, 0.1) is 17.5 Å². The number of aliphatic hydroxyl groups is 1. The van der Waals surface area contributed by atoms with Crippen molar-refractivity contribution in [3.63, 3.8) is 0 Å². The van der Waals surface area contributed by atoms with Gasteiger partial charge < -0.3 is 14.9 Å². The molecule has 2 rings (SSSR count). The Hall–Kier alpha value is -3.29. The summed E-state index contributed by atoms with van der Waals surface area (Å²) in [5.41, 5.74) is -0.961. The van der Waals surface area contributed by atoms with Crippen molar-refractivity contribution in [2.45, 2.75) is 6.92 Å². The third kappa shape index (κ3) is 4.41. The maximum Gasteiger partial charge on any atom is 0.343 e. The van der Waals surface area contributed by atoms with Crippen LogP contribution in [0.1, 0.15) is 12.5 Å². The third-order valence-corrected chi connectivity index (χ3v) is 3.21. The van der Waals surface area contributed by atoms with Gasteiger partial charge in [-0.3, -0.25) is 4.99 Å². The number of ether oxygens (including phenoxy) is 1. The van der Waals surface area contributed by atoms with Gasteiger partial charge in [-0.25, -0.2) is 18.0 Å². The van der Waals surface area contributed by atoms with Crippen LogP contribution in [-0.2, 0) is 9.53 Å². The normalized spacial score (nSPS) is 12.2. The van der Waals surface area contributed by atoms with Gasteiger partial charge in [0.05, 0.1) is 17.9 Å². The lowest BCUT2D eigenvalue weighted by atomic mass is 10.1. The topological polar surface area (TPSA) is 79.1 Å². The number of hydrogen-bond donors (Lipinski definition) is 2. The lowest BCUT2D eigenvalue weighted by Crippen LogP contribution is -2.12. The summed E-state index contributed by atoms with van der Waals surface area (Å²) in [5.74, 6) is -6.08. The Labute approximate surface area is 146 Å². The molecule has 0 atom stereocenters. The number of phenols is 1. The molecule has 0 bridgehead atoms. The second-order valence-electron chi connectivity index (χ2n) is 5.00. The number of aliphatic imine (C=N–C) groups is 1. The molecule has 0 amide bonds. The van der Waals surface area contributed by atoms with E-state index in [0.29, 0.717) is 11.8 Å². The van der Waals surface area contributed by atoms with Crippen molar-refractivity contribution in [3.05, 3.63) is 65.0 Å². The zero-order valence-corrected chi connectivity index (χ0v) is 13.5. The highest BCUT2D eigenvalue weighted by Gasteiger charge is 2.21. The van der Waals surface area contributed by atoms with Gasteiger partial charge in [-0.2, -0.15) is 0 Å². The summed E-state index contributed by atoms with van der Waals surface area (Å²) in [4.78, 5) is 16.0. The fourth-order valence-electron chi connectivity index (χ4n) is 1.95. The number of carbonyl (C=O) groups is 1. The van der Waals surface area contributed by atoms with Gasteiger partial charge in [-0.05, 0) is 37.3 Å². The summed E-state index contributed by atoms with van der Waals surface area (Å²) < 4.78 is 45.1. The largest absolute Gasteiger partial charge is 0.508 e. The average molecular weight is 365 g/mol. The molecule has 0 spiro atoms. The maximum atomic E-state index is 13.9. The number of halogens is 3. The van der Waals surface area contributed by atoms with Gasteiger partial charge in [0.1, 0.15) is 22.9 Å². The van der Waals surface area contributed by atoms with Gasteiger partial charge in [-0.1, -0.05) is 0 Å². The zero-order chi connectivity index (χ0) is 19.3. The van der Waals surface area contributed by atoms with E-state index in [2.05, 4.69) is 4.99 Å². The van der Waals surface area contributed by atoms with Crippen LogP contribution >= 0.6 is 0 Å². The zero-order valence-electron chi connectivity index (χ0n) is 13.5. The minimum atomic E-state index is -1.44. The molecule has 2 aromatic carbocycles. The Kier molecular flexibility index (Phi) is 6.00. The number of hydrogen-bond acceptors (Lipinski definition) is 5. The fourth-order valence-corrected chi connectivity index (χ4v) is 1.95. The monoisotopic (exact) mass is 365 g/mol.